The summed E-state index contributed by atoms with van der Waals surface area (Å²) < 4.78 is 43.0. The molecule has 118 valence electrons. The lowest BCUT2D eigenvalue weighted by atomic mass is 10.0. The zero-order chi connectivity index (χ0) is 16.7. The third-order valence-corrected chi connectivity index (χ3v) is 5.30. The van der Waals surface area contributed by atoms with Gasteiger partial charge in [-0.3, -0.25) is 4.79 Å². The molecular formula is C14H6ClF3IN2OP. The van der Waals surface area contributed by atoms with Crippen molar-refractivity contribution >= 4 is 56.7 Å². The summed E-state index contributed by atoms with van der Waals surface area (Å²) in [5, 5.41) is 3.68. The SMILES string of the molecule is O=C(c1ccc2c(c1)c(F)nn2PI)c1c(F)cc(Cl)cc1F. The normalized spacial score (nSPS) is 11.7. The third-order valence-electron chi connectivity index (χ3n) is 3.21. The fourth-order valence-electron chi connectivity index (χ4n) is 2.19. The molecule has 0 amide bonds. The highest BCUT2D eigenvalue weighted by Crippen LogP contribution is 2.31. The summed E-state index contributed by atoms with van der Waals surface area (Å²) in [7, 11) is 0. The van der Waals surface area contributed by atoms with E-state index in [0.717, 1.165) is 12.1 Å². The number of rotatable bonds is 3. The van der Waals surface area contributed by atoms with Gasteiger partial charge in [-0.2, -0.15) is 4.39 Å². The first kappa shape index (κ1) is 16.7. The number of ketones is 1. The lowest BCUT2D eigenvalue weighted by Crippen LogP contribution is -2.07. The molecule has 1 atom stereocenters. The minimum Gasteiger partial charge on any atom is -0.288 e. The number of benzene rings is 2. The van der Waals surface area contributed by atoms with E-state index < -0.39 is 28.9 Å². The number of halogens is 5. The van der Waals surface area contributed by atoms with Crippen LogP contribution in [0.15, 0.2) is 30.3 Å². The molecule has 3 aromatic rings. The summed E-state index contributed by atoms with van der Waals surface area (Å²) in [4.78, 5) is 12.4. The first-order chi connectivity index (χ1) is 10.9. The van der Waals surface area contributed by atoms with Gasteiger partial charge < -0.3 is 0 Å². The highest BCUT2D eigenvalue weighted by molar-refractivity contribution is 14.2. The Morgan fingerprint density at radius 2 is 1.83 bits per heavy atom. The second kappa shape index (κ2) is 6.37. The number of hydrogen-bond donors (Lipinski definition) is 0. The Labute approximate surface area is 148 Å². The van der Waals surface area contributed by atoms with Crippen molar-refractivity contribution in [3.05, 3.63) is 64.1 Å². The topological polar surface area (TPSA) is 34.9 Å². The molecule has 0 saturated heterocycles. The van der Waals surface area contributed by atoms with Gasteiger partial charge in [-0.25, -0.2) is 13.2 Å². The van der Waals surface area contributed by atoms with Crippen LogP contribution in [-0.2, 0) is 0 Å². The van der Waals surface area contributed by atoms with Crippen molar-refractivity contribution in [2.24, 2.45) is 0 Å². The molecule has 23 heavy (non-hydrogen) atoms. The number of carbonyl (C=O) groups is 1. The number of aromatic nitrogens is 2. The molecule has 1 aromatic heterocycles. The molecule has 0 N–H and O–H groups in total. The predicted octanol–water partition coefficient (Wildman–Crippen LogP) is 5.13. The van der Waals surface area contributed by atoms with E-state index in [1.54, 1.807) is 0 Å². The highest BCUT2D eigenvalue weighted by atomic mass is 127. The van der Waals surface area contributed by atoms with Crippen molar-refractivity contribution in [3.63, 3.8) is 0 Å². The molecule has 0 fully saturated rings. The summed E-state index contributed by atoms with van der Waals surface area (Å²) in [6.45, 7) is 0. The average Bonchev–Trinajstić information content (AvgIpc) is 2.82. The van der Waals surface area contributed by atoms with Crippen LogP contribution >= 0.6 is 40.0 Å². The van der Waals surface area contributed by atoms with Crippen molar-refractivity contribution in [1.82, 2.24) is 9.55 Å². The maximum atomic E-state index is 13.9. The number of carbonyl (C=O) groups excluding carboxylic acids is 1. The molecule has 2 aromatic carbocycles. The van der Waals surface area contributed by atoms with E-state index in [4.69, 9.17) is 11.6 Å². The molecule has 0 saturated carbocycles. The van der Waals surface area contributed by atoms with Crippen LogP contribution < -0.4 is 0 Å². The quantitative estimate of drug-likeness (QED) is 0.304. The standard InChI is InChI=1S/C14H6ClF3IN2OP/c15-7-4-9(16)12(10(17)5-7)13(22)6-1-2-11-8(3-6)14(18)20-21(11)23-19/h1-5,23H. The maximum Gasteiger partial charge on any atom is 0.240 e. The molecular weight excluding hydrogens is 462 g/mol. The van der Waals surface area contributed by atoms with Crippen LogP contribution in [0.2, 0.25) is 5.02 Å². The molecule has 3 rings (SSSR count). The number of nitrogens with zero attached hydrogens (tertiary/aromatic N) is 2. The monoisotopic (exact) mass is 468 g/mol. The zero-order valence-corrected chi connectivity index (χ0v) is 15.0. The Balaban J connectivity index is 2.14. The third kappa shape index (κ3) is 2.97. The zero-order valence-electron chi connectivity index (χ0n) is 11.1. The second-order valence-electron chi connectivity index (χ2n) is 4.59. The van der Waals surface area contributed by atoms with E-state index in [-0.39, 0.29) is 22.3 Å². The summed E-state index contributed by atoms with van der Waals surface area (Å²) in [6.07, 6.45) is 0.179. The van der Waals surface area contributed by atoms with Crippen LogP contribution in [0.5, 0.6) is 0 Å². The van der Waals surface area contributed by atoms with Gasteiger partial charge >= 0.3 is 0 Å². The lowest BCUT2D eigenvalue weighted by molar-refractivity contribution is 0.103. The predicted molar refractivity (Wildman–Crippen MR) is 92.2 cm³/mol. The van der Waals surface area contributed by atoms with Crippen molar-refractivity contribution < 1.29 is 18.0 Å². The van der Waals surface area contributed by atoms with Gasteiger partial charge in [-0.15, -0.1) is 5.10 Å². The number of hydrogen-bond acceptors (Lipinski definition) is 2. The minimum absolute atomic E-state index is 0.0344. The molecule has 0 aliphatic rings. The maximum absolute atomic E-state index is 13.9. The Hall–Kier alpha value is -1.18. The summed E-state index contributed by atoms with van der Waals surface area (Å²) in [5.41, 5.74) is -0.256. The molecule has 3 nitrogen and oxygen atoms in total. The van der Waals surface area contributed by atoms with Crippen molar-refractivity contribution in [1.29, 1.82) is 0 Å². The van der Waals surface area contributed by atoms with Gasteiger partial charge in [-0.1, -0.05) is 11.6 Å². The van der Waals surface area contributed by atoms with Gasteiger partial charge in [0.05, 0.1) is 22.8 Å². The lowest BCUT2D eigenvalue weighted by Gasteiger charge is -2.06. The molecule has 1 unspecified atom stereocenters. The molecule has 0 bridgehead atoms. The molecule has 0 aliphatic carbocycles. The van der Waals surface area contributed by atoms with Gasteiger partial charge in [0.2, 0.25) is 5.95 Å². The summed E-state index contributed by atoms with van der Waals surface area (Å²) >= 11 is 7.58. The Morgan fingerprint density at radius 3 is 2.43 bits per heavy atom. The molecule has 9 heteroatoms. The van der Waals surface area contributed by atoms with Crippen LogP contribution in [0, 0.1) is 17.6 Å². The molecule has 1 heterocycles. The van der Waals surface area contributed by atoms with E-state index in [1.807, 2.05) is 22.0 Å². The Kier molecular flexibility index (Phi) is 4.62. The van der Waals surface area contributed by atoms with Gasteiger partial charge in [-0.05, 0) is 52.4 Å². The van der Waals surface area contributed by atoms with E-state index in [2.05, 4.69) is 5.10 Å². The van der Waals surface area contributed by atoms with Gasteiger partial charge in [0.15, 0.2) is 5.78 Å². The Morgan fingerprint density at radius 1 is 1.17 bits per heavy atom. The van der Waals surface area contributed by atoms with Gasteiger partial charge in [0, 0.05) is 10.6 Å². The van der Waals surface area contributed by atoms with Gasteiger partial charge in [0.25, 0.3) is 0 Å². The van der Waals surface area contributed by atoms with Crippen molar-refractivity contribution in [3.8, 4) is 0 Å². The highest BCUT2D eigenvalue weighted by Gasteiger charge is 2.21. The largest absolute Gasteiger partial charge is 0.288 e. The van der Waals surface area contributed by atoms with Crippen molar-refractivity contribution in [2.45, 2.75) is 0 Å². The smallest absolute Gasteiger partial charge is 0.240 e. The van der Waals surface area contributed by atoms with Crippen LogP contribution in [0.4, 0.5) is 13.2 Å². The van der Waals surface area contributed by atoms with Gasteiger partial charge in [0.1, 0.15) is 11.6 Å². The first-order valence-electron chi connectivity index (χ1n) is 6.16. The first-order valence-corrected chi connectivity index (χ1v) is 10.6. The summed E-state index contributed by atoms with van der Waals surface area (Å²) in [5.74, 6) is -3.76. The molecule has 0 spiro atoms. The van der Waals surface area contributed by atoms with Crippen LogP contribution in [0.1, 0.15) is 15.9 Å². The number of fused-ring (bicyclic) bond motifs is 1. The average molecular weight is 469 g/mol. The summed E-state index contributed by atoms with van der Waals surface area (Å²) in [6, 6.07) is 5.82. The van der Waals surface area contributed by atoms with E-state index in [9.17, 15) is 18.0 Å². The molecule has 0 aliphatic heterocycles. The van der Waals surface area contributed by atoms with Crippen molar-refractivity contribution in [2.75, 3.05) is 0 Å². The fraction of sp³-hybridized carbons (Fsp3) is 0. The van der Waals surface area contributed by atoms with Crippen LogP contribution in [0.3, 0.4) is 0 Å². The second-order valence-corrected chi connectivity index (χ2v) is 7.07. The van der Waals surface area contributed by atoms with E-state index >= 15 is 0 Å². The molecule has 0 radical (unpaired) electrons. The van der Waals surface area contributed by atoms with E-state index in [1.165, 1.54) is 22.7 Å². The fourth-order valence-corrected chi connectivity index (χ4v) is 3.90. The minimum atomic E-state index is -1.06. The van der Waals surface area contributed by atoms with E-state index in [0.29, 0.717) is 5.52 Å². The van der Waals surface area contributed by atoms with Crippen LogP contribution in [0.25, 0.3) is 10.9 Å². The van der Waals surface area contributed by atoms with Crippen LogP contribution in [-0.4, -0.2) is 15.3 Å². The Bertz CT molecular complexity index is 924.